The van der Waals surface area contributed by atoms with E-state index in [1.165, 1.54) is 0 Å². The molecule has 7 heteroatoms. The predicted molar refractivity (Wildman–Crippen MR) is 91.7 cm³/mol. The fourth-order valence-corrected chi connectivity index (χ4v) is 1.69. The van der Waals surface area contributed by atoms with Gasteiger partial charge in [0, 0.05) is 23.4 Å². The molecule has 0 heterocycles. The molecule has 7 nitrogen and oxygen atoms in total. The standard InChI is InChI=1S/C17H23N3O4/c1-5-15(21)18-14-9-7-13(8-10-14)16(22)20-19-12(4)11(3)17(23)24-6-2/h7-11H,5-6H2,1-4H3,(H,18,21)(H,20,22). The Morgan fingerprint density at radius 1 is 1.17 bits per heavy atom. The summed E-state index contributed by atoms with van der Waals surface area (Å²) in [7, 11) is 0. The van der Waals surface area contributed by atoms with Gasteiger partial charge in [-0.15, -0.1) is 0 Å². The molecule has 0 bridgehead atoms. The molecule has 0 aromatic heterocycles. The highest BCUT2D eigenvalue weighted by Gasteiger charge is 2.17. The van der Waals surface area contributed by atoms with Gasteiger partial charge in [-0.2, -0.15) is 5.10 Å². The molecule has 24 heavy (non-hydrogen) atoms. The zero-order valence-electron chi connectivity index (χ0n) is 14.4. The Morgan fingerprint density at radius 2 is 1.79 bits per heavy atom. The van der Waals surface area contributed by atoms with Gasteiger partial charge in [-0.05, 0) is 45.0 Å². The van der Waals surface area contributed by atoms with Gasteiger partial charge in [0.2, 0.25) is 5.91 Å². The highest BCUT2D eigenvalue weighted by atomic mass is 16.5. The first-order chi connectivity index (χ1) is 11.4. The Balaban J connectivity index is 2.66. The number of esters is 1. The fraction of sp³-hybridized carbons (Fsp3) is 0.412. The van der Waals surface area contributed by atoms with Crippen molar-refractivity contribution in [3.05, 3.63) is 29.8 Å². The van der Waals surface area contributed by atoms with Crippen LogP contribution in [0.25, 0.3) is 0 Å². The predicted octanol–water partition coefficient (Wildman–Crippen LogP) is 2.34. The van der Waals surface area contributed by atoms with Crippen molar-refractivity contribution in [1.82, 2.24) is 5.43 Å². The van der Waals surface area contributed by atoms with E-state index in [0.717, 1.165) is 0 Å². The lowest BCUT2D eigenvalue weighted by atomic mass is 10.1. The van der Waals surface area contributed by atoms with Crippen LogP contribution in [0.1, 0.15) is 44.5 Å². The molecule has 2 N–H and O–H groups in total. The second kappa shape index (κ2) is 9.44. The molecule has 0 saturated carbocycles. The van der Waals surface area contributed by atoms with Gasteiger partial charge >= 0.3 is 5.97 Å². The van der Waals surface area contributed by atoms with Crippen LogP contribution in [0.5, 0.6) is 0 Å². The van der Waals surface area contributed by atoms with Crippen LogP contribution in [0.4, 0.5) is 5.69 Å². The van der Waals surface area contributed by atoms with E-state index in [0.29, 0.717) is 30.0 Å². The Morgan fingerprint density at radius 3 is 2.33 bits per heavy atom. The van der Waals surface area contributed by atoms with Crippen molar-refractivity contribution in [2.45, 2.75) is 34.1 Å². The number of hydrogen-bond donors (Lipinski definition) is 2. The van der Waals surface area contributed by atoms with Gasteiger partial charge in [0.15, 0.2) is 0 Å². The molecule has 0 spiro atoms. The molecule has 1 unspecified atom stereocenters. The van der Waals surface area contributed by atoms with Gasteiger partial charge in [0.25, 0.3) is 5.91 Å². The first-order valence-corrected chi connectivity index (χ1v) is 7.80. The average Bonchev–Trinajstić information content (AvgIpc) is 2.59. The first kappa shape index (κ1) is 19.3. The maximum Gasteiger partial charge on any atom is 0.314 e. The molecular weight excluding hydrogens is 310 g/mol. The van der Waals surface area contributed by atoms with Crippen molar-refractivity contribution in [2.75, 3.05) is 11.9 Å². The summed E-state index contributed by atoms with van der Waals surface area (Å²) in [6.07, 6.45) is 0.384. The van der Waals surface area contributed by atoms with Crippen molar-refractivity contribution >= 4 is 29.2 Å². The Bertz CT molecular complexity index is 623. The molecule has 0 aliphatic heterocycles. The van der Waals surface area contributed by atoms with E-state index in [1.807, 2.05) is 0 Å². The van der Waals surface area contributed by atoms with Crippen molar-refractivity contribution in [3.63, 3.8) is 0 Å². The molecule has 1 aromatic carbocycles. The number of rotatable bonds is 7. The Hall–Kier alpha value is -2.70. The van der Waals surface area contributed by atoms with Gasteiger partial charge in [0.1, 0.15) is 0 Å². The van der Waals surface area contributed by atoms with Crippen LogP contribution in [0.2, 0.25) is 0 Å². The quantitative estimate of drug-likeness (QED) is 0.455. The smallest absolute Gasteiger partial charge is 0.314 e. The van der Waals surface area contributed by atoms with E-state index < -0.39 is 11.8 Å². The maximum atomic E-state index is 12.0. The van der Waals surface area contributed by atoms with Crippen LogP contribution in [0, 0.1) is 5.92 Å². The number of ether oxygens (including phenoxy) is 1. The largest absolute Gasteiger partial charge is 0.465 e. The van der Waals surface area contributed by atoms with Crippen LogP contribution in [0.15, 0.2) is 29.4 Å². The third kappa shape index (κ3) is 5.83. The number of nitrogens with one attached hydrogen (secondary N) is 2. The number of hydrogen-bond acceptors (Lipinski definition) is 5. The average molecular weight is 333 g/mol. The molecular formula is C17H23N3O4. The molecule has 1 aromatic rings. The van der Waals surface area contributed by atoms with Gasteiger partial charge in [-0.25, -0.2) is 5.43 Å². The SMILES string of the molecule is CCOC(=O)C(C)C(C)=NNC(=O)c1ccc(NC(=O)CC)cc1. The molecule has 0 aliphatic rings. The number of amides is 2. The number of nitrogens with zero attached hydrogens (tertiary/aromatic N) is 1. The van der Waals surface area contributed by atoms with Crippen LogP contribution in [-0.2, 0) is 14.3 Å². The van der Waals surface area contributed by atoms with Crippen molar-refractivity contribution in [3.8, 4) is 0 Å². The second-order valence-corrected chi connectivity index (χ2v) is 5.15. The minimum atomic E-state index is -0.531. The van der Waals surface area contributed by atoms with E-state index in [1.54, 1.807) is 52.0 Å². The van der Waals surface area contributed by atoms with Crippen LogP contribution in [-0.4, -0.2) is 30.1 Å². The summed E-state index contributed by atoms with van der Waals surface area (Å²) in [5.74, 6) is -1.42. The number of hydrazone groups is 1. The van der Waals surface area contributed by atoms with E-state index in [2.05, 4.69) is 15.8 Å². The summed E-state index contributed by atoms with van der Waals surface area (Å²) in [4.78, 5) is 34.9. The van der Waals surface area contributed by atoms with Gasteiger partial charge < -0.3 is 10.1 Å². The van der Waals surface area contributed by atoms with Gasteiger partial charge in [-0.3, -0.25) is 14.4 Å². The van der Waals surface area contributed by atoms with Crippen molar-refractivity contribution < 1.29 is 19.1 Å². The van der Waals surface area contributed by atoms with E-state index in [9.17, 15) is 14.4 Å². The van der Waals surface area contributed by atoms with Gasteiger partial charge in [0.05, 0.1) is 12.5 Å². The number of carbonyl (C=O) groups excluding carboxylic acids is 3. The summed E-state index contributed by atoms with van der Waals surface area (Å²) in [6.45, 7) is 7.09. The highest BCUT2D eigenvalue weighted by Crippen LogP contribution is 2.10. The summed E-state index contributed by atoms with van der Waals surface area (Å²) < 4.78 is 4.90. The molecule has 0 fully saturated rings. The van der Waals surface area contributed by atoms with Crippen molar-refractivity contribution in [2.24, 2.45) is 11.0 Å². The molecule has 0 aliphatic carbocycles. The molecule has 1 atom stereocenters. The topological polar surface area (TPSA) is 96.9 Å². The Kier molecular flexibility index (Phi) is 7.61. The number of anilines is 1. The second-order valence-electron chi connectivity index (χ2n) is 5.15. The van der Waals surface area contributed by atoms with Crippen LogP contribution in [0.3, 0.4) is 0 Å². The Labute approximate surface area is 141 Å². The number of benzene rings is 1. The summed E-state index contributed by atoms with van der Waals surface area (Å²) in [6, 6.07) is 6.45. The van der Waals surface area contributed by atoms with Gasteiger partial charge in [-0.1, -0.05) is 6.92 Å². The molecule has 0 radical (unpaired) electrons. The lowest BCUT2D eigenvalue weighted by Gasteiger charge is -2.10. The minimum Gasteiger partial charge on any atom is -0.465 e. The van der Waals surface area contributed by atoms with Crippen molar-refractivity contribution in [1.29, 1.82) is 0 Å². The monoisotopic (exact) mass is 333 g/mol. The third-order valence-corrected chi connectivity index (χ3v) is 3.35. The number of carbonyl (C=O) groups is 3. The third-order valence-electron chi connectivity index (χ3n) is 3.35. The summed E-state index contributed by atoms with van der Waals surface area (Å²) >= 11 is 0. The zero-order chi connectivity index (χ0) is 18.1. The zero-order valence-corrected chi connectivity index (χ0v) is 14.4. The molecule has 2 amide bonds. The molecule has 0 saturated heterocycles. The van der Waals surface area contributed by atoms with E-state index in [-0.39, 0.29) is 11.9 Å². The lowest BCUT2D eigenvalue weighted by molar-refractivity contribution is -0.145. The summed E-state index contributed by atoms with van der Waals surface area (Å²) in [5.41, 5.74) is 3.87. The normalized spacial score (nSPS) is 12.2. The van der Waals surface area contributed by atoms with E-state index >= 15 is 0 Å². The minimum absolute atomic E-state index is 0.0969. The molecule has 1 rings (SSSR count). The van der Waals surface area contributed by atoms with Crippen LogP contribution < -0.4 is 10.7 Å². The summed E-state index contributed by atoms with van der Waals surface area (Å²) in [5, 5.41) is 6.63. The lowest BCUT2D eigenvalue weighted by Crippen LogP contribution is -2.25. The van der Waals surface area contributed by atoms with Crippen LogP contribution >= 0.6 is 0 Å². The highest BCUT2D eigenvalue weighted by molar-refractivity contribution is 6.02. The van der Waals surface area contributed by atoms with E-state index in [4.69, 9.17) is 4.74 Å². The fourth-order valence-electron chi connectivity index (χ4n) is 1.69. The maximum absolute atomic E-state index is 12.0. The first-order valence-electron chi connectivity index (χ1n) is 7.80. The molecule has 130 valence electrons.